The zero-order chi connectivity index (χ0) is 95.5. The first-order valence-corrected chi connectivity index (χ1v) is 41.0. The van der Waals surface area contributed by atoms with Crippen LogP contribution in [-0.4, -0.2) is 130 Å². The minimum absolute atomic E-state index is 0.0517. The Hall–Kier alpha value is -15.0. The van der Waals surface area contributed by atoms with E-state index in [4.69, 9.17) is 84.7 Å². The lowest BCUT2D eigenvalue weighted by Gasteiger charge is -2.14. The Bertz CT molecular complexity index is 6340. The number of benzene rings is 10. The van der Waals surface area contributed by atoms with E-state index < -0.39 is 0 Å². The molecule has 3 heterocycles. The molecule has 130 heavy (non-hydrogen) atoms. The monoisotopic (exact) mass is 1770 g/mol. The molecule has 13 rings (SSSR count). The molecule has 0 bridgehead atoms. The maximum absolute atomic E-state index is 12.7. The van der Waals surface area contributed by atoms with E-state index in [1.165, 1.54) is 73.0 Å². The summed E-state index contributed by atoms with van der Waals surface area (Å²) in [5, 5.41) is 39.6. The Balaban J connectivity index is 0.000000197. The average Bonchev–Trinajstić information content (AvgIpc) is 0.793. The number of aliphatic hydroxyl groups is 1. The average molecular weight is 1780 g/mol. The third-order valence-corrected chi connectivity index (χ3v) is 20.3. The maximum atomic E-state index is 12.7. The minimum atomic E-state index is -0.366. The molecule has 0 saturated carbocycles. The summed E-state index contributed by atoms with van der Waals surface area (Å²) >= 11 is 0. The van der Waals surface area contributed by atoms with Gasteiger partial charge < -0.3 is 100.0 Å². The number of phenols is 3. The first-order chi connectivity index (χ1) is 62.1. The number of aromatic hydroxyl groups is 3. The highest BCUT2D eigenvalue weighted by atomic mass is 16.5. The van der Waals surface area contributed by atoms with Crippen molar-refractivity contribution in [3.63, 3.8) is 0 Å². The van der Waals surface area contributed by atoms with Crippen molar-refractivity contribution in [1.29, 1.82) is 0 Å². The molecule has 0 aliphatic rings. The second kappa shape index (κ2) is 47.0. The van der Waals surface area contributed by atoms with Crippen molar-refractivity contribution in [2.75, 3.05) is 104 Å². The fraction of sp³-hybridized carbons (Fsp3) is 0.257. The summed E-state index contributed by atoms with van der Waals surface area (Å²) in [6.45, 7) is 35.5. The first kappa shape index (κ1) is 100. The van der Waals surface area contributed by atoms with Crippen LogP contribution in [0.4, 0.5) is 0 Å². The molecule has 3 aromatic heterocycles. The second-order valence-electron chi connectivity index (χ2n) is 29.8. The van der Waals surface area contributed by atoms with Crippen LogP contribution in [0.25, 0.3) is 73.0 Å². The van der Waals surface area contributed by atoms with E-state index >= 15 is 0 Å². The van der Waals surface area contributed by atoms with Crippen LogP contribution in [0.2, 0.25) is 0 Å². The van der Waals surface area contributed by atoms with E-state index in [0.29, 0.717) is 116 Å². The molecule has 684 valence electrons. The topological polar surface area (TPSA) is 318 Å². The minimum Gasteiger partial charge on any atom is -0.507 e. The van der Waals surface area contributed by atoms with E-state index in [-0.39, 0.29) is 58.1 Å². The van der Waals surface area contributed by atoms with Gasteiger partial charge in [-0.05, 0) is 234 Å². The summed E-state index contributed by atoms with van der Waals surface area (Å²) in [4.78, 5) is 50.6. The van der Waals surface area contributed by atoms with E-state index in [2.05, 4.69) is 19.7 Å². The third-order valence-electron chi connectivity index (χ3n) is 20.3. The number of carbonyl (C=O) groups excluding carboxylic acids is 1. The second-order valence-corrected chi connectivity index (χ2v) is 29.8. The van der Waals surface area contributed by atoms with Crippen LogP contribution in [0.3, 0.4) is 0 Å². The first-order valence-electron chi connectivity index (χ1n) is 41.0. The van der Waals surface area contributed by atoms with Crippen molar-refractivity contribution >= 4 is 44.8 Å². The Morgan fingerprint density at radius 3 is 0.885 bits per heavy atom. The van der Waals surface area contributed by atoms with Crippen LogP contribution in [-0.2, 0) is 0 Å². The molecule has 4 N–H and O–H groups in total. The predicted octanol–water partition coefficient (Wildman–Crippen LogP) is 21.3. The quantitative estimate of drug-likeness (QED) is 0.0201. The summed E-state index contributed by atoms with van der Waals surface area (Å²) in [7, 11) is 15.3. The van der Waals surface area contributed by atoms with Crippen LogP contribution in [0.1, 0.15) is 82.7 Å². The van der Waals surface area contributed by atoms with E-state index in [9.17, 15) is 34.5 Å². The standard InChI is InChI=1S/C22H22O5.C22H24O5.C21H22O6.C19H18O5.C12H16O2.C9H12O2/c1-6-7-26-22-13(2)8-15(9-14(22)3)18-12-17(23)21-19(25-5)10-16(24-4)11-20(21)27-18;1-6-9-27-22-14(2)10-16(11-15(22)3)7-8-18(23)21-19(24)12-17(25-4)13-20(21)26-5;1-12-7-14(8-13(2)21(12)26-6-5-22)17-11-16(23)20-18(25-4)9-15(24-3)10-19(20)27-17;1-10-5-12(6-11(2)19(10)21)15-9-14(20)18-16(23-4)7-13(22-3)8-17(18)24-15;1-5-6-14-12-9(2)7-11(13-4)8-10(12)3;1-6-4-8(11-3)5-7(2)9(6)10/h6,8-12H,1,7H2,2-5H3;6-8,10-13,24H,1,9H2,2-5H3;7-11,22H,5-6H2,1-4H3;5-9,21H,1-4H3;5,7-8H,1,6H2,2-4H3;4-5,10H,1-3H3/b;8-7+;;;;. The molecule has 13 aromatic rings. The fourth-order valence-corrected chi connectivity index (χ4v) is 14.2. The van der Waals surface area contributed by atoms with Crippen LogP contribution in [0.5, 0.6) is 97.7 Å². The molecule has 25 heteroatoms. The molecule has 0 atom stereocenters. The number of allylic oxidation sites excluding steroid dienone is 1. The summed E-state index contributed by atoms with van der Waals surface area (Å²) < 4.78 is 92.6. The van der Waals surface area contributed by atoms with E-state index in [1.807, 2.05) is 130 Å². The SMILES string of the molecule is C=CCOc1c(C)cc(-c2cc(=O)c3c(OC)cc(OC)cc3o2)cc1C.C=CCOc1c(C)cc(/C=C/C(=O)c2c(O)cc(OC)cc2OC)cc1C.C=CCOc1c(C)cc(OC)cc1C.COc1cc(C)c(O)c(C)c1.COc1cc(OC)c2c(=O)cc(-c3cc(C)c(O)c(C)c3)oc2c1.COc1cc(OC)c2c(=O)cc(-c3cc(C)c(OCCO)c(C)c3)oc2c1. The fourth-order valence-electron chi connectivity index (χ4n) is 14.2. The highest BCUT2D eigenvalue weighted by Crippen LogP contribution is 2.41. The number of aliphatic hydroxyl groups excluding tert-OH is 1. The van der Waals surface area contributed by atoms with Gasteiger partial charge >= 0.3 is 0 Å². The molecular weight excluding hydrogens is 1660 g/mol. The van der Waals surface area contributed by atoms with E-state index in [1.54, 1.807) is 121 Å². The smallest absolute Gasteiger partial charge is 0.197 e. The number of hydrogen-bond donors (Lipinski definition) is 4. The zero-order valence-electron chi connectivity index (χ0n) is 77.7. The van der Waals surface area contributed by atoms with E-state index in [0.717, 1.165) is 124 Å². The molecule has 0 saturated heterocycles. The van der Waals surface area contributed by atoms with Gasteiger partial charge in [0, 0.05) is 83.4 Å². The van der Waals surface area contributed by atoms with Crippen LogP contribution in [0.15, 0.2) is 211 Å². The van der Waals surface area contributed by atoms with Gasteiger partial charge in [0.1, 0.15) is 180 Å². The number of aryl methyl sites for hydroxylation is 12. The highest BCUT2D eigenvalue weighted by molar-refractivity contribution is 6.10. The van der Waals surface area contributed by atoms with Crippen LogP contribution in [0, 0.1) is 83.1 Å². The van der Waals surface area contributed by atoms with Crippen LogP contribution < -0.4 is 82.6 Å². The molecule has 0 spiro atoms. The molecule has 0 aliphatic heterocycles. The molecule has 10 aromatic carbocycles. The number of fused-ring (bicyclic) bond motifs is 3. The van der Waals surface area contributed by atoms with Gasteiger partial charge in [-0.15, -0.1) is 0 Å². The zero-order valence-corrected chi connectivity index (χ0v) is 77.7. The number of ketones is 1. The van der Waals surface area contributed by atoms with Crippen molar-refractivity contribution < 1.29 is 105 Å². The molecule has 0 unspecified atom stereocenters. The lowest BCUT2D eigenvalue weighted by molar-refractivity contribution is 0.104. The number of rotatable bonds is 28. The highest BCUT2D eigenvalue weighted by Gasteiger charge is 2.23. The molecule has 0 fully saturated rings. The van der Waals surface area contributed by atoms with Gasteiger partial charge in [0.25, 0.3) is 0 Å². The largest absolute Gasteiger partial charge is 0.507 e. The van der Waals surface area contributed by atoms with Crippen molar-refractivity contribution in [3.05, 3.63) is 292 Å². The van der Waals surface area contributed by atoms with Gasteiger partial charge in [-0.25, -0.2) is 0 Å². The Kier molecular flexibility index (Phi) is 36.3. The number of hydrogen-bond acceptors (Lipinski definition) is 25. The Morgan fingerprint density at radius 1 is 0.323 bits per heavy atom. The number of ether oxygens (including phenoxy) is 14. The number of methoxy groups -OCH3 is 10. The maximum Gasteiger partial charge on any atom is 0.197 e. The van der Waals surface area contributed by atoms with Gasteiger partial charge in [-0.1, -0.05) is 44.0 Å². The van der Waals surface area contributed by atoms with Gasteiger partial charge in [0.2, 0.25) is 0 Å². The molecule has 0 radical (unpaired) electrons. The molecule has 0 amide bonds. The van der Waals surface area contributed by atoms with Crippen molar-refractivity contribution in [1.82, 2.24) is 0 Å². The molecular formula is C105H114O25. The molecule has 25 nitrogen and oxygen atoms in total. The van der Waals surface area contributed by atoms with Crippen LogP contribution >= 0.6 is 0 Å². The van der Waals surface area contributed by atoms with Gasteiger partial charge in [0.15, 0.2) is 22.1 Å². The van der Waals surface area contributed by atoms with Gasteiger partial charge in [-0.3, -0.25) is 19.2 Å². The Morgan fingerprint density at radius 2 is 0.585 bits per heavy atom. The molecule has 0 aliphatic carbocycles. The predicted molar refractivity (Wildman–Crippen MR) is 510 cm³/mol. The number of carbonyl (C=O) groups is 1. The normalized spacial score (nSPS) is 10.5. The van der Waals surface area contributed by atoms with Gasteiger partial charge in [-0.2, -0.15) is 0 Å². The lowest BCUT2D eigenvalue weighted by atomic mass is 10.0. The summed E-state index contributed by atoms with van der Waals surface area (Å²) in [5.74, 6) is 9.84. The Labute approximate surface area is 756 Å². The van der Waals surface area contributed by atoms with Crippen molar-refractivity contribution in [2.24, 2.45) is 0 Å². The van der Waals surface area contributed by atoms with Crippen molar-refractivity contribution in [2.45, 2.75) is 83.1 Å². The lowest BCUT2D eigenvalue weighted by Crippen LogP contribution is -2.05. The summed E-state index contributed by atoms with van der Waals surface area (Å²) in [6.07, 6.45) is 8.24. The third kappa shape index (κ3) is 25.0. The van der Waals surface area contributed by atoms with Gasteiger partial charge in [0.05, 0.1) is 77.7 Å². The number of phenolic OH excluding ortho intramolecular Hbond substituents is 3. The summed E-state index contributed by atoms with van der Waals surface area (Å²) in [5.41, 5.74) is 14.8. The summed E-state index contributed by atoms with van der Waals surface area (Å²) in [6, 6.07) is 39.9. The van der Waals surface area contributed by atoms with Crippen molar-refractivity contribution in [3.8, 4) is 132 Å².